The van der Waals surface area contributed by atoms with E-state index in [1.165, 1.54) is 11.3 Å². The first-order valence-electron chi connectivity index (χ1n) is 8.57. The number of ether oxygens (including phenoxy) is 1. The van der Waals surface area contributed by atoms with Crippen LogP contribution in [0.1, 0.15) is 21.5 Å². The van der Waals surface area contributed by atoms with Crippen LogP contribution < -0.4 is 10.6 Å². The summed E-state index contributed by atoms with van der Waals surface area (Å²) in [5.74, 6) is -1.52. The molecule has 0 fully saturated rings. The van der Waals surface area contributed by atoms with Crippen molar-refractivity contribution in [3.63, 3.8) is 0 Å². The van der Waals surface area contributed by atoms with Gasteiger partial charge < -0.3 is 15.4 Å². The molecule has 0 radical (unpaired) electrons. The minimum absolute atomic E-state index is 0.212. The van der Waals surface area contributed by atoms with Crippen LogP contribution in [0.2, 0.25) is 0 Å². The van der Waals surface area contributed by atoms with Crippen LogP contribution in [-0.2, 0) is 14.3 Å². The lowest BCUT2D eigenvalue weighted by Crippen LogP contribution is -2.35. The van der Waals surface area contributed by atoms with E-state index in [-0.39, 0.29) is 12.5 Å². The zero-order valence-corrected chi connectivity index (χ0v) is 16.3. The Morgan fingerprint density at radius 3 is 2.75 bits per heavy atom. The molecule has 0 unspecified atom stereocenters. The minimum atomic E-state index is -0.606. The molecular weight excluding hydrogens is 378 g/mol. The van der Waals surface area contributed by atoms with Crippen LogP contribution in [0.3, 0.4) is 0 Å². The Morgan fingerprint density at radius 2 is 1.93 bits per heavy atom. The molecule has 0 spiro atoms. The molecule has 1 aromatic heterocycles. The van der Waals surface area contributed by atoms with Crippen molar-refractivity contribution in [2.75, 3.05) is 18.5 Å². The number of thiazole rings is 1. The number of esters is 1. The van der Waals surface area contributed by atoms with Crippen LogP contribution in [0.15, 0.2) is 41.9 Å². The quantitative estimate of drug-likeness (QED) is 0.624. The van der Waals surface area contributed by atoms with Crippen molar-refractivity contribution in [2.45, 2.75) is 13.8 Å². The van der Waals surface area contributed by atoms with Crippen LogP contribution in [0, 0.1) is 13.8 Å². The fraction of sp³-hybridized carbons (Fsp3) is 0.200. The van der Waals surface area contributed by atoms with Crippen molar-refractivity contribution >= 4 is 45.0 Å². The predicted molar refractivity (Wildman–Crippen MR) is 107 cm³/mol. The zero-order chi connectivity index (χ0) is 20.1. The van der Waals surface area contributed by atoms with Gasteiger partial charge in [0, 0.05) is 5.69 Å². The summed E-state index contributed by atoms with van der Waals surface area (Å²) in [7, 11) is 0. The molecule has 7 nitrogen and oxygen atoms in total. The number of hydrogen-bond acceptors (Lipinski definition) is 6. The molecule has 0 aliphatic rings. The van der Waals surface area contributed by atoms with E-state index in [1.807, 2.05) is 26.0 Å². The molecule has 3 rings (SSSR count). The summed E-state index contributed by atoms with van der Waals surface area (Å²) in [5.41, 5.74) is 5.56. The molecule has 0 saturated carbocycles. The summed E-state index contributed by atoms with van der Waals surface area (Å²) in [6, 6.07) is 10.6. The summed E-state index contributed by atoms with van der Waals surface area (Å²) in [6.45, 7) is 3.19. The lowest BCUT2D eigenvalue weighted by atomic mass is 10.1. The number of aromatic nitrogens is 1. The van der Waals surface area contributed by atoms with Gasteiger partial charge in [-0.2, -0.15) is 0 Å². The number of amides is 2. The number of nitrogens with one attached hydrogen (secondary N) is 2. The van der Waals surface area contributed by atoms with Gasteiger partial charge in [-0.3, -0.25) is 9.59 Å². The maximum absolute atomic E-state index is 12.1. The Kier molecular flexibility index (Phi) is 6.00. The monoisotopic (exact) mass is 397 g/mol. The van der Waals surface area contributed by atoms with Crippen molar-refractivity contribution in [2.24, 2.45) is 0 Å². The van der Waals surface area contributed by atoms with Crippen molar-refractivity contribution in [1.29, 1.82) is 0 Å². The molecule has 0 atom stereocenters. The Bertz CT molecular complexity index is 1040. The molecule has 1 heterocycles. The summed E-state index contributed by atoms with van der Waals surface area (Å²) in [4.78, 5) is 40.1. The van der Waals surface area contributed by atoms with Crippen LogP contribution in [-0.4, -0.2) is 35.9 Å². The van der Waals surface area contributed by atoms with Crippen molar-refractivity contribution in [3.8, 4) is 0 Å². The molecular formula is C20H19N3O4S. The van der Waals surface area contributed by atoms with Crippen LogP contribution in [0.5, 0.6) is 0 Å². The summed E-state index contributed by atoms with van der Waals surface area (Å²) >= 11 is 1.41. The average molecular weight is 397 g/mol. The molecule has 2 aromatic carbocycles. The number of nitrogens with zero attached hydrogens (tertiary/aromatic N) is 1. The molecule has 28 heavy (non-hydrogen) atoms. The first kappa shape index (κ1) is 19.5. The van der Waals surface area contributed by atoms with Gasteiger partial charge in [-0.25, -0.2) is 9.78 Å². The Hall–Kier alpha value is -3.26. The van der Waals surface area contributed by atoms with Gasteiger partial charge in [0.25, 0.3) is 5.91 Å². The zero-order valence-electron chi connectivity index (χ0n) is 15.4. The molecule has 0 aliphatic heterocycles. The van der Waals surface area contributed by atoms with Crippen molar-refractivity contribution < 1.29 is 19.1 Å². The Morgan fingerprint density at radius 1 is 1.11 bits per heavy atom. The van der Waals surface area contributed by atoms with E-state index >= 15 is 0 Å². The molecule has 0 bridgehead atoms. The summed E-state index contributed by atoms with van der Waals surface area (Å²) in [5, 5.41) is 5.18. The maximum atomic E-state index is 12.1. The van der Waals surface area contributed by atoms with Gasteiger partial charge in [-0.15, -0.1) is 11.3 Å². The van der Waals surface area contributed by atoms with Crippen LogP contribution >= 0.6 is 11.3 Å². The highest BCUT2D eigenvalue weighted by atomic mass is 32.1. The molecule has 2 N–H and O–H groups in total. The molecule has 8 heteroatoms. The highest BCUT2D eigenvalue weighted by molar-refractivity contribution is 7.16. The second-order valence-corrected chi connectivity index (χ2v) is 7.07. The fourth-order valence-electron chi connectivity index (χ4n) is 2.51. The third kappa shape index (κ3) is 4.72. The topological polar surface area (TPSA) is 97.4 Å². The smallest absolute Gasteiger partial charge is 0.338 e. The van der Waals surface area contributed by atoms with Gasteiger partial charge in [0.1, 0.15) is 0 Å². The van der Waals surface area contributed by atoms with E-state index < -0.39 is 18.5 Å². The second-order valence-electron chi connectivity index (χ2n) is 6.18. The number of aryl methyl sites for hydroxylation is 1. The number of hydrogen-bond donors (Lipinski definition) is 2. The third-order valence-electron chi connectivity index (χ3n) is 4.23. The molecule has 3 aromatic rings. The first-order valence-corrected chi connectivity index (χ1v) is 9.45. The van der Waals surface area contributed by atoms with E-state index in [0.29, 0.717) is 11.3 Å². The molecule has 0 aliphatic carbocycles. The Balaban J connectivity index is 1.45. The SMILES string of the molecule is Cc1cccc(NC(=O)CNC(=O)COC(=O)c2ccc3ncsc3c2)c1C. The highest BCUT2D eigenvalue weighted by Crippen LogP contribution is 2.19. The van der Waals surface area contributed by atoms with Gasteiger partial charge in [0.2, 0.25) is 5.91 Å². The van der Waals surface area contributed by atoms with Crippen LogP contribution in [0.25, 0.3) is 10.2 Å². The van der Waals surface area contributed by atoms with Gasteiger partial charge in [-0.1, -0.05) is 12.1 Å². The van der Waals surface area contributed by atoms with E-state index in [1.54, 1.807) is 29.8 Å². The normalized spacial score (nSPS) is 10.5. The maximum Gasteiger partial charge on any atom is 0.338 e. The number of rotatable bonds is 6. The number of anilines is 1. The van der Waals surface area contributed by atoms with E-state index in [2.05, 4.69) is 15.6 Å². The number of carbonyl (C=O) groups excluding carboxylic acids is 3. The molecule has 2 amide bonds. The summed E-state index contributed by atoms with van der Waals surface area (Å²) < 4.78 is 5.87. The second kappa shape index (κ2) is 8.62. The molecule has 144 valence electrons. The van der Waals surface area contributed by atoms with E-state index in [4.69, 9.17) is 4.74 Å². The van der Waals surface area contributed by atoms with Crippen molar-refractivity contribution in [1.82, 2.24) is 10.3 Å². The fourth-order valence-corrected chi connectivity index (χ4v) is 3.22. The summed E-state index contributed by atoms with van der Waals surface area (Å²) in [6.07, 6.45) is 0. The third-order valence-corrected chi connectivity index (χ3v) is 5.02. The number of benzene rings is 2. The van der Waals surface area contributed by atoms with Gasteiger partial charge in [-0.05, 0) is 49.2 Å². The Labute approximate surface area is 165 Å². The average Bonchev–Trinajstić information content (AvgIpc) is 3.16. The van der Waals surface area contributed by atoms with Gasteiger partial charge in [0.05, 0.1) is 27.8 Å². The number of carbonyl (C=O) groups is 3. The van der Waals surface area contributed by atoms with E-state index in [0.717, 1.165) is 21.3 Å². The van der Waals surface area contributed by atoms with Gasteiger partial charge in [0.15, 0.2) is 6.61 Å². The minimum Gasteiger partial charge on any atom is -0.452 e. The lowest BCUT2D eigenvalue weighted by molar-refractivity contribution is -0.126. The van der Waals surface area contributed by atoms with Crippen molar-refractivity contribution in [3.05, 3.63) is 58.6 Å². The van der Waals surface area contributed by atoms with Crippen LogP contribution in [0.4, 0.5) is 5.69 Å². The first-order chi connectivity index (χ1) is 13.4. The van der Waals surface area contributed by atoms with E-state index in [9.17, 15) is 14.4 Å². The lowest BCUT2D eigenvalue weighted by Gasteiger charge is -2.11. The number of fused-ring (bicyclic) bond motifs is 1. The standard InChI is InChI=1S/C20H19N3O4S/c1-12-4-3-5-15(13(12)2)23-18(24)9-21-19(25)10-27-20(26)14-6-7-16-17(8-14)28-11-22-16/h3-8,11H,9-10H2,1-2H3,(H,21,25)(H,23,24). The van der Waals surface area contributed by atoms with Gasteiger partial charge >= 0.3 is 5.97 Å². The largest absolute Gasteiger partial charge is 0.452 e. The molecule has 0 saturated heterocycles. The highest BCUT2D eigenvalue weighted by Gasteiger charge is 2.13. The predicted octanol–water partition coefficient (Wildman–Crippen LogP) is 2.82.